The van der Waals surface area contributed by atoms with Gasteiger partial charge in [-0.15, -0.1) is 10.2 Å². The number of benzene rings is 1. The van der Waals surface area contributed by atoms with Crippen molar-refractivity contribution in [1.29, 1.82) is 0 Å². The van der Waals surface area contributed by atoms with E-state index in [0.29, 0.717) is 0 Å². The van der Waals surface area contributed by atoms with Crippen LogP contribution in [0.3, 0.4) is 0 Å². The summed E-state index contributed by atoms with van der Waals surface area (Å²) in [7, 11) is 0. The highest BCUT2D eigenvalue weighted by atomic mass is 32.1. The van der Waals surface area contributed by atoms with E-state index in [0.717, 1.165) is 27.8 Å². The van der Waals surface area contributed by atoms with Crippen molar-refractivity contribution in [1.82, 2.24) is 19.8 Å². The van der Waals surface area contributed by atoms with Crippen molar-refractivity contribution in [3.05, 3.63) is 34.3 Å². The van der Waals surface area contributed by atoms with Crippen molar-refractivity contribution in [3.8, 4) is 11.4 Å². The normalized spacial score (nSPS) is 11.3. The van der Waals surface area contributed by atoms with Crippen LogP contribution in [0.15, 0.2) is 18.2 Å². The van der Waals surface area contributed by atoms with Gasteiger partial charge in [0.05, 0.1) is 0 Å². The molecule has 18 heavy (non-hydrogen) atoms. The molecule has 0 saturated heterocycles. The van der Waals surface area contributed by atoms with E-state index in [9.17, 15) is 0 Å². The van der Waals surface area contributed by atoms with Crippen LogP contribution in [0.1, 0.15) is 23.1 Å². The van der Waals surface area contributed by atoms with Gasteiger partial charge in [-0.25, -0.2) is 0 Å². The van der Waals surface area contributed by atoms with E-state index >= 15 is 0 Å². The molecule has 0 amide bonds. The summed E-state index contributed by atoms with van der Waals surface area (Å²) in [6.45, 7) is 6.28. The topological polar surface area (TPSA) is 43.1 Å². The summed E-state index contributed by atoms with van der Waals surface area (Å²) in [5, 5.41) is 14.1. The second kappa shape index (κ2) is 4.17. The maximum Gasteiger partial charge on any atom is 0.234 e. The van der Waals surface area contributed by atoms with Crippen molar-refractivity contribution in [2.45, 2.75) is 27.2 Å². The fraction of sp³-hybridized carbons (Fsp3) is 0.308. The van der Waals surface area contributed by atoms with Crippen LogP contribution in [0.5, 0.6) is 0 Å². The highest BCUT2D eigenvalue weighted by Crippen LogP contribution is 2.23. The van der Waals surface area contributed by atoms with Crippen molar-refractivity contribution in [3.63, 3.8) is 0 Å². The quantitative estimate of drug-likeness (QED) is 0.709. The zero-order valence-corrected chi connectivity index (χ0v) is 11.5. The smallest absolute Gasteiger partial charge is 0.183 e. The van der Waals surface area contributed by atoms with Gasteiger partial charge in [-0.1, -0.05) is 35.5 Å². The minimum atomic E-state index is 0.827. The van der Waals surface area contributed by atoms with Gasteiger partial charge in [0, 0.05) is 5.56 Å². The van der Waals surface area contributed by atoms with E-state index in [-0.39, 0.29) is 0 Å². The Morgan fingerprint density at radius 3 is 2.50 bits per heavy atom. The fourth-order valence-electron chi connectivity index (χ4n) is 2.08. The summed E-state index contributed by atoms with van der Waals surface area (Å²) in [4.78, 5) is 0.862. The number of hydrogen-bond acceptors (Lipinski definition) is 4. The van der Waals surface area contributed by atoms with E-state index in [1.165, 1.54) is 11.1 Å². The van der Waals surface area contributed by atoms with Gasteiger partial charge in [0.2, 0.25) is 4.96 Å². The van der Waals surface area contributed by atoms with Gasteiger partial charge in [0.25, 0.3) is 0 Å². The molecule has 0 spiro atoms. The molecule has 0 radical (unpaired) electrons. The molecule has 2 aromatic heterocycles. The third-order valence-corrected chi connectivity index (χ3v) is 3.86. The Labute approximate surface area is 109 Å². The highest BCUT2D eigenvalue weighted by Gasteiger charge is 2.12. The predicted molar refractivity (Wildman–Crippen MR) is 72.9 cm³/mol. The van der Waals surface area contributed by atoms with Crippen LogP contribution in [0.2, 0.25) is 0 Å². The van der Waals surface area contributed by atoms with Crippen LogP contribution in [-0.2, 0) is 6.42 Å². The molecule has 1 aromatic carbocycles. The van der Waals surface area contributed by atoms with E-state index in [1.807, 2.05) is 4.52 Å². The molecule has 0 atom stereocenters. The molecular formula is C13H14N4S. The minimum absolute atomic E-state index is 0.827. The second-order valence-corrected chi connectivity index (χ2v) is 5.48. The van der Waals surface area contributed by atoms with E-state index in [2.05, 4.69) is 54.3 Å². The summed E-state index contributed by atoms with van der Waals surface area (Å²) in [6, 6.07) is 6.39. The zero-order chi connectivity index (χ0) is 12.7. The molecule has 4 nitrogen and oxygen atoms in total. The van der Waals surface area contributed by atoms with Crippen molar-refractivity contribution < 1.29 is 0 Å². The molecule has 0 aliphatic carbocycles. The van der Waals surface area contributed by atoms with Gasteiger partial charge in [0.1, 0.15) is 5.01 Å². The standard InChI is InChI=1S/C13H14N4S/c1-4-11-16-17-12(14-15-13(17)18-11)10-6-8(2)5-9(3)7-10/h5-7H,4H2,1-3H3. The van der Waals surface area contributed by atoms with Gasteiger partial charge >= 0.3 is 0 Å². The largest absolute Gasteiger partial charge is 0.234 e. The average Bonchev–Trinajstić information content (AvgIpc) is 2.85. The Bertz CT molecular complexity index is 691. The van der Waals surface area contributed by atoms with Gasteiger partial charge in [0.15, 0.2) is 5.82 Å². The number of hydrogen-bond donors (Lipinski definition) is 0. The van der Waals surface area contributed by atoms with Crippen molar-refractivity contribution >= 4 is 16.3 Å². The number of rotatable bonds is 2. The summed E-state index contributed by atoms with van der Waals surface area (Å²) in [5.41, 5.74) is 3.54. The van der Waals surface area contributed by atoms with Crippen molar-refractivity contribution in [2.75, 3.05) is 0 Å². The summed E-state index contributed by atoms with van der Waals surface area (Å²) in [6.07, 6.45) is 0.931. The lowest BCUT2D eigenvalue weighted by atomic mass is 10.1. The Morgan fingerprint density at radius 2 is 1.83 bits per heavy atom. The molecule has 3 rings (SSSR count). The highest BCUT2D eigenvalue weighted by molar-refractivity contribution is 7.16. The first kappa shape index (κ1) is 11.3. The third-order valence-electron chi connectivity index (χ3n) is 2.82. The van der Waals surface area contributed by atoms with Crippen LogP contribution in [0.25, 0.3) is 16.3 Å². The summed E-state index contributed by atoms with van der Waals surface area (Å²) in [5.74, 6) is 0.827. The third kappa shape index (κ3) is 1.80. The molecule has 5 heteroatoms. The number of aromatic nitrogens is 4. The fourth-order valence-corrected chi connectivity index (χ4v) is 2.86. The number of fused-ring (bicyclic) bond motifs is 1. The zero-order valence-electron chi connectivity index (χ0n) is 10.6. The molecule has 0 bridgehead atoms. The molecular weight excluding hydrogens is 244 g/mol. The van der Waals surface area contributed by atoms with Crippen LogP contribution < -0.4 is 0 Å². The Kier molecular flexibility index (Phi) is 2.63. The molecule has 3 aromatic rings. The molecule has 0 aliphatic rings. The number of nitrogens with zero attached hydrogens (tertiary/aromatic N) is 4. The monoisotopic (exact) mass is 258 g/mol. The molecule has 2 heterocycles. The average molecular weight is 258 g/mol. The van der Waals surface area contributed by atoms with Gasteiger partial charge < -0.3 is 0 Å². The molecule has 0 saturated carbocycles. The number of aryl methyl sites for hydroxylation is 3. The molecule has 0 aliphatic heterocycles. The summed E-state index contributed by atoms with van der Waals surface area (Å²) < 4.78 is 1.84. The molecule has 0 fully saturated rings. The van der Waals surface area contributed by atoms with Crippen LogP contribution in [0, 0.1) is 13.8 Å². The lowest BCUT2D eigenvalue weighted by Crippen LogP contribution is -1.93. The van der Waals surface area contributed by atoms with E-state index < -0.39 is 0 Å². The van der Waals surface area contributed by atoms with Gasteiger partial charge in [-0.05, 0) is 32.4 Å². The molecule has 0 unspecified atom stereocenters. The lowest BCUT2D eigenvalue weighted by molar-refractivity contribution is 0.907. The molecule has 0 N–H and O–H groups in total. The lowest BCUT2D eigenvalue weighted by Gasteiger charge is -2.01. The van der Waals surface area contributed by atoms with Gasteiger partial charge in [-0.2, -0.15) is 9.61 Å². The Balaban J connectivity index is 2.20. The van der Waals surface area contributed by atoms with Crippen LogP contribution in [-0.4, -0.2) is 19.8 Å². The van der Waals surface area contributed by atoms with Crippen LogP contribution >= 0.6 is 11.3 Å². The Morgan fingerprint density at radius 1 is 1.11 bits per heavy atom. The maximum atomic E-state index is 4.54. The minimum Gasteiger partial charge on any atom is -0.183 e. The first-order chi connectivity index (χ1) is 8.67. The maximum absolute atomic E-state index is 4.54. The van der Waals surface area contributed by atoms with Crippen LogP contribution in [0.4, 0.5) is 0 Å². The van der Waals surface area contributed by atoms with E-state index in [4.69, 9.17) is 0 Å². The van der Waals surface area contributed by atoms with Crippen molar-refractivity contribution in [2.24, 2.45) is 0 Å². The van der Waals surface area contributed by atoms with Gasteiger partial charge in [-0.3, -0.25) is 0 Å². The first-order valence-electron chi connectivity index (χ1n) is 5.97. The molecule has 92 valence electrons. The SMILES string of the molecule is CCc1nn2c(-c3cc(C)cc(C)c3)nnc2s1. The predicted octanol–water partition coefficient (Wildman–Crippen LogP) is 3.03. The van der Waals surface area contributed by atoms with E-state index in [1.54, 1.807) is 11.3 Å². The second-order valence-electron chi connectivity index (χ2n) is 4.44. The first-order valence-corrected chi connectivity index (χ1v) is 6.79. The Hall–Kier alpha value is -1.75. The summed E-state index contributed by atoms with van der Waals surface area (Å²) >= 11 is 1.60.